The maximum Gasteiger partial charge on any atom is 0.138 e. The number of thiophene rings is 1. The molecule has 0 amide bonds. The number of aromatic hydroxyl groups is 1. The Balaban J connectivity index is 1.73. The average molecular weight is 376 g/mol. The molecule has 3 heterocycles. The topological polar surface area (TPSA) is 38.0 Å². The predicted octanol–water partition coefficient (Wildman–Crippen LogP) is 5.05. The van der Waals surface area contributed by atoms with E-state index in [1.807, 2.05) is 30.5 Å². The van der Waals surface area contributed by atoms with Crippen LogP contribution in [0.3, 0.4) is 0 Å². The normalized spacial score (nSPS) is 11.9. The number of phenolic OH excluding ortho intramolecular Hbond substituents is 1. The quantitative estimate of drug-likeness (QED) is 0.408. The molecule has 28 heavy (non-hydrogen) atoms. The van der Waals surface area contributed by atoms with E-state index in [4.69, 9.17) is 12.8 Å². The van der Waals surface area contributed by atoms with Crippen LogP contribution in [0.2, 0.25) is 0 Å². The molecule has 130 valence electrons. The van der Waals surface area contributed by atoms with Gasteiger partial charge in [-0.05, 0) is 30.3 Å². The Morgan fingerprint density at radius 2 is 1.68 bits per heavy atom. The van der Waals surface area contributed by atoms with Crippen molar-refractivity contribution < 1.29 is 5.11 Å². The molecule has 0 unspecified atom stereocenters. The molecule has 0 aliphatic rings. The number of aromatic nitrogens is 2. The Kier molecular flexibility index (Phi) is 3.14. The summed E-state index contributed by atoms with van der Waals surface area (Å²) in [5.74, 6) is 1.06. The first-order valence-corrected chi connectivity index (χ1v) is 9.81. The van der Waals surface area contributed by atoms with Gasteiger partial charge in [-0.15, -0.1) is 11.3 Å². The summed E-state index contributed by atoms with van der Waals surface area (Å²) in [5, 5.41) is 14.6. The van der Waals surface area contributed by atoms with Crippen molar-refractivity contribution in [3.8, 4) is 11.6 Å². The number of pyridine rings is 1. The summed E-state index contributed by atoms with van der Waals surface area (Å²) < 4.78 is 4.54. The molecule has 0 atom stereocenters. The SMILES string of the molecule is [B]c1ccc2c(c1)c1ccc(O)cc1n2-c1cc2sc3ccccc3c2cn1. The van der Waals surface area contributed by atoms with Gasteiger partial charge < -0.3 is 5.11 Å². The first kappa shape index (κ1) is 15.7. The Hall–Kier alpha value is -3.31. The fourth-order valence-corrected chi connectivity index (χ4v) is 5.11. The molecule has 0 spiro atoms. The summed E-state index contributed by atoms with van der Waals surface area (Å²) >= 11 is 1.77. The molecule has 3 aromatic heterocycles. The Morgan fingerprint density at radius 1 is 0.786 bits per heavy atom. The van der Waals surface area contributed by atoms with Gasteiger partial charge in [-0.3, -0.25) is 4.57 Å². The van der Waals surface area contributed by atoms with E-state index in [0.29, 0.717) is 5.46 Å². The van der Waals surface area contributed by atoms with E-state index in [1.165, 1.54) is 14.8 Å². The molecular formula is C23H13BN2OS. The Morgan fingerprint density at radius 3 is 2.61 bits per heavy atom. The minimum Gasteiger partial charge on any atom is -0.508 e. The van der Waals surface area contributed by atoms with E-state index in [9.17, 15) is 5.11 Å². The van der Waals surface area contributed by atoms with Crippen LogP contribution in [0.1, 0.15) is 0 Å². The summed E-state index contributed by atoms with van der Waals surface area (Å²) in [6.07, 6.45) is 1.95. The minimum absolute atomic E-state index is 0.229. The van der Waals surface area contributed by atoms with Gasteiger partial charge in [-0.25, -0.2) is 4.98 Å². The molecule has 0 fully saturated rings. The van der Waals surface area contributed by atoms with Crippen molar-refractivity contribution >= 4 is 66.6 Å². The summed E-state index contributed by atoms with van der Waals surface area (Å²) in [6.45, 7) is 0. The highest BCUT2D eigenvalue weighted by atomic mass is 32.1. The second-order valence-corrected chi connectivity index (χ2v) is 8.03. The van der Waals surface area contributed by atoms with Crippen molar-refractivity contribution in [3.05, 3.63) is 72.9 Å². The van der Waals surface area contributed by atoms with Crippen LogP contribution in [0.4, 0.5) is 0 Å². The molecule has 3 aromatic carbocycles. The number of hydrogen-bond donors (Lipinski definition) is 1. The lowest BCUT2D eigenvalue weighted by Crippen LogP contribution is -2.01. The molecule has 5 heteroatoms. The molecular weight excluding hydrogens is 363 g/mol. The van der Waals surface area contributed by atoms with Crippen molar-refractivity contribution in [1.82, 2.24) is 9.55 Å². The maximum absolute atomic E-state index is 10.1. The summed E-state index contributed by atoms with van der Waals surface area (Å²) in [6, 6.07) is 21.8. The summed E-state index contributed by atoms with van der Waals surface area (Å²) in [5.41, 5.74) is 2.64. The standard InChI is InChI=1S/C23H13BN2OS/c24-13-5-8-19-17(9-13)15-7-6-14(27)10-20(15)26(19)23-11-22-18(12-25-23)16-3-1-2-4-21(16)28-22/h1-12,27H. The van der Waals surface area contributed by atoms with Crippen LogP contribution < -0.4 is 5.46 Å². The molecule has 0 bridgehead atoms. The van der Waals surface area contributed by atoms with Crippen LogP contribution in [0.15, 0.2) is 72.9 Å². The number of phenols is 1. The van der Waals surface area contributed by atoms with Crippen molar-refractivity contribution in [1.29, 1.82) is 0 Å². The van der Waals surface area contributed by atoms with Crippen molar-refractivity contribution in [2.75, 3.05) is 0 Å². The molecule has 0 saturated heterocycles. The van der Waals surface area contributed by atoms with Gasteiger partial charge >= 0.3 is 0 Å². The third-order valence-electron chi connectivity index (χ3n) is 5.25. The Bertz CT molecular complexity index is 1550. The highest BCUT2D eigenvalue weighted by molar-refractivity contribution is 7.25. The zero-order chi connectivity index (χ0) is 18.8. The maximum atomic E-state index is 10.1. The number of fused-ring (bicyclic) bond motifs is 6. The third kappa shape index (κ3) is 2.14. The van der Waals surface area contributed by atoms with Crippen LogP contribution >= 0.6 is 11.3 Å². The van der Waals surface area contributed by atoms with Gasteiger partial charge in [0.15, 0.2) is 0 Å². The predicted molar refractivity (Wildman–Crippen MR) is 119 cm³/mol. The van der Waals surface area contributed by atoms with Gasteiger partial charge in [0.05, 0.1) is 11.0 Å². The molecule has 3 nitrogen and oxygen atoms in total. The fourth-order valence-electron chi connectivity index (χ4n) is 4.01. The highest BCUT2D eigenvalue weighted by Crippen LogP contribution is 2.37. The van der Waals surface area contributed by atoms with Crippen LogP contribution in [0.5, 0.6) is 5.75 Å². The molecule has 2 radical (unpaired) electrons. The van der Waals surface area contributed by atoms with Gasteiger partial charge in [0.2, 0.25) is 0 Å². The molecule has 0 aliphatic carbocycles. The molecule has 6 rings (SSSR count). The van der Waals surface area contributed by atoms with E-state index in [1.54, 1.807) is 23.5 Å². The smallest absolute Gasteiger partial charge is 0.138 e. The van der Waals surface area contributed by atoms with Crippen LogP contribution in [0.25, 0.3) is 47.8 Å². The lowest BCUT2D eigenvalue weighted by atomic mass is 9.94. The van der Waals surface area contributed by atoms with Crippen LogP contribution in [0, 0.1) is 0 Å². The zero-order valence-electron chi connectivity index (χ0n) is 14.8. The van der Waals surface area contributed by atoms with Crippen molar-refractivity contribution in [3.63, 3.8) is 0 Å². The third-order valence-corrected chi connectivity index (χ3v) is 6.39. The van der Waals surface area contributed by atoms with E-state index >= 15 is 0 Å². The van der Waals surface area contributed by atoms with Crippen LogP contribution in [-0.4, -0.2) is 22.5 Å². The van der Waals surface area contributed by atoms with E-state index < -0.39 is 0 Å². The second kappa shape index (κ2) is 5.60. The van der Waals surface area contributed by atoms with Gasteiger partial charge in [0, 0.05) is 43.2 Å². The number of nitrogens with zero attached hydrogens (tertiary/aromatic N) is 2. The lowest BCUT2D eigenvalue weighted by Gasteiger charge is -2.07. The Labute approximate surface area is 165 Å². The minimum atomic E-state index is 0.229. The van der Waals surface area contributed by atoms with E-state index in [-0.39, 0.29) is 5.75 Å². The molecule has 6 aromatic rings. The largest absolute Gasteiger partial charge is 0.508 e. The zero-order valence-corrected chi connectivity index (χ0v) is 15.6. The second-order valence-electron chi connectivity index (χ2n) is 6.95. The van der Waals surface area contributed by atoms with Gasteiger partial charge in [-0.1, -0.05) is 35.8 Å². The van der Waals surface area contributed by atoms with Gasteiger partial charge in [0.1, 0.15) is 19.4 Å². The highest BCUT2D eigenvalue weighted by Gasteiger charge is 2.15. The first-order chi connectivity index (χ1) is 13.7. The lowest BCUT2D eigenvalue weighted by molar-refractivity contribution is 0.476. The summed E-state index contributed by atoms with van der Waals surface area (Å²) in [7, 11) is 6.04. The monoisotopic (exact) mass is 376 g/mol. The van der Waals surface area contributed by atoms with Gasteiger partial charge in [-0.2, -0.15) is 0 Å². The molecule has 1 N–H and O–H groups in total. The number of rotatable bonds is 1. The van der Waals surface area contributed by atoms with Crippen molar-refractivity contribution in [2.24, 2.45) is 0 Å². The fraction of sp³-hybridized carbons (Fsp3) is 0. The van der Waals surface area contributed by atoms with Crippen LogP contribution in [-0.2, 0) is 0 Å². The number of hydrogen-bond acceptors (Lipinski definition) is 3. The summed E-state index contributed by atoms with van der Waals surface area (Å²) in [4.78, 5) is 4.78. The van der Waals surface area contributed by atoms with Crippen molar-refractivity contribution in [2.45, 2.75) is 0 Å². The van der Waals surface area contributed by atoms with Gasteiger partial charge in [0.25, 0.3) is 0 Å². The molecule has 0 saturated carbocycles. The first-order valence-electron chi connectivity index (χ1n) is 8.99. The number of benzene rings is 3. The average Bonchev–Trinajstić information content (AvgIpc) is 3.22. The van der Waals surface area contributed by atoms with E-state index in [2.05, 4.69) is 34.9 Å². The van der Waals surface area contributed by atoms with E-state index in [0.717, 1.165) is 33.0 Å². The molecule has 0 aliphatic heterocycles.